The van der Waals surface area contributed by atoms with Gasteiger partial charge >= 0.3 is 0 Å². The van der Waals surface area contributed by atoms with Crippen molar-refractivity contribution in [1.82, 2.24) is 10.6 Å². The van der Waals surface area contributed by atoms with Crippen molar-refractivity contribution < 1.29 is 9.21 Å². The zero-order valence-electron chi connectivity index (χ0n) is 14.7. The minimum absolute atomic E-state index is 0.223. The molecule has 0 aliphatic carbocycles. The van der Waals surface area contributed by atoms with Gasteiger partial charge in [0.2, 0.25) is 0 Å². The zero-order chi connectivity index (χ0) is 17.8. The van der Waals surface area contributed by atoms with E-state index in [1.54, 1.807) is 6.26 Å². The van der Waals surface area contributed by atoms with E-state index in [0.29, 0.717) is 5.76 Å². The van der Waals surface area contributed by atoms with Crippen LogP contribution in [0.5, 0.6) is 0 Å². The highest BCUT2D eigenvalue weighted by Gasteiger charge is 2.15. The van der Waals surface area contributed by atoms with Gasteiger partial charge in [0.05, 0.1) is 6.26 Å². The van der Waals surface area contributed by atoms with Crippen LogP contribution in [0.4, 0.5) is 5.69 Å². The van der Waals surface area contributed by atoms with Gasteiger partial charge in [-0.05, 0) is 60.8 Å². The number of nitrogens with one attached hydrogen (secondary N) is 3. The molecule has 0 fully saturated rings. The minimum Gasteiger partial charge on any atom is -0.459 e. The van der Waals surface area contributed by atoms with E-state index in [9.17, 15) is 4.79 Å². The van der Waals surface area contributed by atoms with Crippen molar-refractivity contribution in [2.45, 2.75) is 12.8 Å². The smallest absolute Gasteiger partial charge is 0.291 e. The van der Waals surface area contributed by atoms with Gasteiger partial charge in [-0.3, -0.25) is 4.79 Å². The van der Waals surface area contributed by atoms with Crippen molar-refractivity contribution in [2.24, 2.45) is 0 Å². The monoisotopic (exact) mass is 349 g/mol. The Bertz CT molecular complexity index is 846. The highest BCUT2D eigenvalue weighted by Crippen LogP contribution is 2.24. The van der Waals surface area contributed by atoms with Gasteiger partial charge in [0.15, 0.2) is 5.76 Å². The SMILES string of the molecule is O=C(Nc1ccc(C2=CCNCC2)cc1)c1cc(C2=CCNCC2)co1. The molecular weight excluding hydrogens is 326 g/mol. The molecule has 3 N–H and O–H groups in total. The predicted octanol–water partition coefficient (Wildman–Crippen LogP) is 3.29. The van der Waals surface area contributed by atoms with Crippen LogP contribution in [0.1, 0.15) is 34.5 Å². The second-order valence-electron chi connectivity index (χ2n) is 6.60. The molecule has 0 spiro atoms. The first kappa shape index (κ1) is 16.8. The van der Waals surface area contributed by atoms with Crippen LogP contribution in [0.3, 0.4) is 0 Å². The van der Waals surface area contributed by atoms with Crippen LogP contribution in [-0.4, -0.2) is 32.1 Å². The number of carbonyl (C=O) groups excluding carboxylic acids is 1. The quantitative estimate of drug-likeness (QED) is 0.792. The number of anilines is 1. The summed E-state index contributed by atoms with van der Waals surface area (Å²) in [6.07, 6.45) is 8.01. The molecule has 1 amide bonds. The summed E-state index contributed by atoms with van der Waals surface area (Å²) < 4.78 is 5.48. The lowest BCUT2D eigenvalue weighted by Gasteiger charge is -2.14. The molecule has 26 heavy (non-hydrogen) atoms. The molecule has 0 atom stereocenters. The minimum atomic E-state index is -0.223. The summed E-state index contributed by atoms with van der Waals surface area (Å²) in [5.41, 5.74) is 5.55. The largest absolute Gasteiger partial charge is 0.459 e. The van der Waals surface area contributed by atoms with E-state index in [2.05, 4.69) is 40.2 Å². The highest BCUT2D eigenvalue weighted by molar-refractivity contribution is 6.02. The molecule has 0 unspecified atom stereocenters. The van der Waals surface area contributed by atoms with Crippen molar-refractivity contribution in [3.8, 4) is 0 Å². The summed E-state index contributed by atoms with van der Waals surface area (Å²) in [5, 5.41) is 9.50. The van der Waals surface area contributed by atoms with Crippen molar-refractivity contribution in [1.29, 1.82) is 0 Å². The lowest BCUT2D eigenvalue weighted by molar-refractivity contribution is 0.0996. The van der Waals surface area contributed by atoms with Crippen LogP contribution in [0.25, 0.3) is 11.1 Å². The maximum absolute atomic E-state index is 12.4. The number of furan rings is 1. The van der Waals surface area contributed by atoms with Crippen molar-refractivity contribution in [2.75, 3.05) is 31.5 Å². The van der Waals surface area contributed by atoms with Gasteiger partial charge in [-0.2, -0.15) is 0 Å². The fourth-order valence-corrected chi connectivity index (χ4v) is 3.35. The Morgan fingerprint density at radius 3 is 2.19 bits per heavy atom. The van der Waals surface area contributed by atoms with Gasteiger partial charge < -0.3 is 20.4 Å². The number of amides is 1. The topological polar surface area (TPSA) is 66.3 Å². The van der Waals surface area contributed by atoms with E-state index in [1.165, 1.54) is 16.7 Å². The molecule has 2 aromatic rings. The standard InChI is InChI=1S/C21H23N3O2/c25-21(20-13-18(14-26-20)17-7-11-23-12-8-17)24-19-3-1-15(2-4-19)16-5-9-22-10-6-16/h1-5,7,13-14,22-23H,6,8-12H2,(H,24,25). The molecule has 5 nitrogen and oxygen atoms in total. The molecule has 5 heteroatoms. The molecule has 3 heterocycles. The number of rotatable bonds is 4. The molecule has 1 aromatic carbocycles. The summed E-state index contributed by atoms with van der Waals surface area (Å²) in [7, 11) is 0. The molecular formula is C21H23N3O2. The first-order valence-corrected chi connectivity index (χ1v) is 9.10. The van der Waals surface area contributed by atoms with Gasteiger partial charge in [0.25, 0.3) is 5.91 Å². The molecule has 134 valence electrons. The Kier molecular flexibility index (Phi) is 5.00. The van der Waals surface area contributed by atoms with Gasteiger partial charge in [0.1, 0.15) is 0 Å². The van der Waals surface area contributed by atoms with Crippen LogP contribution in [0, 0.1) is 0 Å². The van der Waals surface area contributed by atoms with Gasteiger partial charge in [-0.1, -0.05) is 24.3 Å². The molecule has 0 bridgehead atoms. The maximum atomic E-state index is 12.4. The number of carbonyl (C=O) groups is 1. The van der Waals surface area contributed by atoms with Crippen molar-refractivity contribution >= 4 is 22.7 Å². The Morgan fingerprint density at radius 2 is 1.58 bits per heavy atom. The summed E-state index contributed by atoms with van der Waals surface area (Å²) in [5.74, 6) is 0.115. The fraction of sp³-hybridized carbons (Fsp3) is 0.286. The molecule has 0 saturated carbocycles. The van der Waals surface area contributed by atoms with E-state index in [4.69, 9.17) is 4.42 Å². The predicted molar refractivity (Wildman–Crippen MR) is 104 cm³/mol. The summed E-state index contributed by atoms with van der Waals surface area (Å²) in [6.45, 7) is 3.75. The Balaban J connectivity index is 1.42. The van der Waals surface area contributed by atoms with E-state index >= 15 is 0 Å². The van der Waals surface area contributed by atoms with Gasteiger partial charge in [-0.25, -0.2) is 0 Å². The van der Waals surface area contributed by atoms with Crippen molar-refractivity contribution in [3.63, 3.8) is 0 Å². The molecule has 1 aromatic heterocycles. The van der Waals surface area contributed by atoms with E-state index < -0.39 is 0 Å². The summed E-state index contributed by atoms with van der Waals surface area (Å²) in [4.78, 5) is 12.4. The van der Waals surface area contributed by atoms with Crippen LogP contribution >= 0.6 is 0 Å². The van der Waals surface area contributed by atoms with Gasteiger partial charge in [0, 0.05) is 24.3 Å². The van der Waals surface area contributed by atoms with E-state index in [0.717, 1.165) is 50.3 Å². The summed E-state index contributed by atoms with van der Waals surface area (Å²) >= 11 is 0. The first-order valence-electron chi connectivity index (χ1n) is 9.10. The number of hydrogen-bond acceptors (Lipinski definition) is 4. The normalized spacial score (nSPS) is 17.4. The van der Waals surface area contributed by atoms with Crippen LogP contribution in [-0.2, 0) is 0 Å². The molecule has 2 aliphatic heterocycles. The molecule has 4 rings (SSSR count). The Morgan fingerprint density at radius 1 is 0.923 bits per heavy atom. The molecule has 0 saturated heterocycles. The highest BCUT2D eigenvalue weighted by atomic mass is 16.3. The Hall–Kier alpha value is -2.63. The number of benzene rings is 1. The zero-order valence-corrected chi connectivity index (χ0v) is 14.7. The third-order valence-electron chi connectivity index (χ3n) is 4.84. The third-order valence-corrected chi connectivity index (χ3v) is 4.84. The van der Waals surface area contributed by atoms with Crippen molar-refractivity contribution in [3.05, 3.63) is 65.6 Å². The van der Waals surface area contributed by atoms with Gasteiger partial charge in [-0.15, -0.1) is 0 Å². The van der Waals surface area contributed by atoms with E-state index in [-0.39, 0.29) is 5.91 Å². The number of hydrogen-bond donors (Lipinski definition) is 3. The fourth-order valence-electron chi connectivity index (χ4n) is 3.35. The molecule has 0 radical (unpaired) electrons. The summed E-state index contributed by atoms with van der Waals surface area (Å²) in [6, 6.07) is 9.81. The molecule has 2 aliphatic rings. The maximum Gasteiger partial charge on any atom is 0.291 e. The first-order chi connectivity index (χ1) is 12.8. The van der Waals surface area contributed by atoms with Crippen LogP contribution in [0.15, 0.2) is 53.2 Å². The third kappa shape index (κ3) is 3.79. The lowest BCUT2D eigenvalue weighted by atomic mass is 10.00. The second-order valence-corrected chi connectivity index (χ2v) is 6.60. The lowest BCUT2D eigenvalue weighted by Crippen LogP contribution is -2.20. The second kappa shape index (κ2) is 7.72. The Labute approximate surface area is 153 Å². The average molecular weight is 349 g/mol. The van der Waals surface area contributed by atoms with Crippen LogP contribution < -0.4 is 16.0 Å². The van der Waals surface area contributed by atoms with Crippen LogP contribution in [0.2, 0.25) is 0 Å². The van der Waals surface area contributed by atoms with E-state index in [1.807, 2.05) is 18.2 Å². The average Bonchev–Trinajstić information content (AvgIpc) is 3.20.